The second-order valence-corrected chi connectivity index (χ2v) is 3.60. The first-order valence-corrected chi connectivity index (χ1v) is 4.65. The fourth-order valence-corrected chi connectivity index (χ4v) is 1.42. The Bertz CT molecular complexity index is 117. The third-order valence-electron chi connectivity index (χ3n) is 2.65. The Hall–Kier alpha value is -0.0800. The van der Waals surface area contributed by atoms with Crippen LogP contribution < -0.4 is 5.32 Å². The van der Waals surface area contributed by atoms with Gasteiger partial charge in [0.2, 0.25) is 0 Å². The monoisotopic (exact) mass is 157 g/mol. The number of hydrogen-bond acceptors (Lipinski definition) is 2. The summed E-state index contributed by atoms with van der Waals surface area (Å²) in [4.78, 5) is 0. The Morgan fingerprint density at radius 2 is 1.91 bits per heavy atom. The van der Waals surface area contributed by atoms with Gasteiger partial charge in [0.05, 0.1) is 6.61 Å². The third kappa shape index (κ3) is 2.17. The molecule has 0 aromatic carbocycles. The summed E-state index contributed by atoms with van der Waals surface area (Å²) >= 11 is 0. The lowest BCUT2D eigenvalue weighted by Gasteiger charge is -2.21. The normalized spacial score (nSPS) is 20.7. The highest BCUT2D eigenvalue weighted by Crippen LogP contribution is 2.35. The molecule has 0 aromatic rings. The molecule has 0 spiro atoms. The van der Waals surface area contributed by atoms with Crippen molar-refractivity contribution in [1.82, 2.24) is 5.32 Å². The van der Waals surface area contributed by atoms with Crippen LogP contribution >= 0.6 is 0 Å². The van der Waals surface area contributed by atoms with Crippen molar-refractivity contribution in [3.63, 3.8) is 0 Å². The number of aliphatic hydroxyl groups is 1. The Kier molecular flexibility index (Phi) is 2.90. The second-order valence-electron chi connectivity index (χ2n) is 3.60. The molecule has 2 N–H and O–H groups in total. The van der Waals surface area contributed by atoms with Gasteiger partial charge in [-0.15, -0.1) is 0 Å². The summed E-state index contributed by atoms with van der Waals surface area (Å²) in [6, 6.07) is 0.602. The first kappa shape index (κ1) is 9.01. The minimum atomic E-state index is 0.122. The van der Waals surface area contributed by atoms with E-state index in [1.54, 1.807) is 0 Å². The first-order valence-electron chi connectivity index (χ1n) is 4.65. The van der Waals surface area contributed by atoms with Gasteiger partial charge in [-0.1, -0.05) is 13.8 Å². The highest BCUT2D eigenvalue weighted by atomic mass is 16.3. The van der Waals surface area contributed by atoms with Crippen molar-refractivity contribution in [2.45, 2.75) is 51.1 Å². The summed E-state index contributed by atoms with van der Waals surface area (Å²) in [5.41, 5.74) is 0.122. The van der Waals surface area contributed by atoms with Gasteiger partial charge in [0.15, 0.2) is 0 Å². The molecule has 1 aliphatic carbocycles. The molecule has 0 aliphatic heterocycles. The van der Waals surface area contributed by atoms with Gasteiger partial charge in [0, 0.05) is 11.6 Å². The fourth-order valence-electron chi connectivity index (χ4n) is 1.42. The van der Waals surface area contributed by atoms with E-state index in [9.17, 15) is 0 Å². The lowest BCUT2D eigenvalue weighted by atomic mass is 10.1. The van der Waals surface area contributed by atoms with E-state index in [4.69, 9.17) is 5.11 Å². The minimum Gasteiger partial charge on any atom is -0.394 e. The van der Waals surface area contributed by atoms with E-state index < -0.39 is 0 Å². The van der Waals surface area contributed by atoms with Crippen LogP contribution in [0.3, 0.4) is 0 Å². The van der Waals surface area contributed by atoms with Crippen molar-refractivity contribution in [3.05, 3.63) is 0 Å². The molecule has 0 radical (unpaired) electrons. The van der Waals surface area contributed by atoms with Crippen molar-refractivity contribution < 1.29 is 5.11 Å². The summed E-state index contributed by atoms with van der Waals surface area (Å²) in [5, 5.41) is 12.5. The smallest absolute Gasteiger partial charge is 0.0613 e. The molecule has 0 aromatic heterocycles. The number of hydrogen-bond donors (Lipinski definition) is 2. The molecule has 1 aliphatic rings. The van der Waals surface area contributed by atoms with Gasteiger partial charge in [0.25, 0.3) is 0 Å². The van der Waals surface area contributed by atoms with E-state index in [1.807, 2.05) is 0 Å². The van der Waals surface area contributed by atoms with E-state index in [1.165, 1.54) is 0 Å². The number of nitrogens with one attached hydrogen (secondary N) is 1. The van der Waals surface area contributed by atoms with Crippen LogP contribution in [0, 0.1) is 0 Å². The summed E-state index contributed by atoms with van der Waals surface area (Å²) in [6.07, 6.45) is 4.64. The Morgan fingerprint density at radius 3 is 2.18 bits per heavy atom. The number of rotatable bonds is 5. The summed E-state index contributed by atoms with van der Waals surface area (Å²) in [5.74, 6) is 0. The van der Waals surface area contributed by atoms with Crippen LogP contribution in [0.15, 0.2) is 0 Å². The van der Waals surface area contributed by atoms with Crippen LogP contribution in [0.2, 0.25) is 0 Å². The lowest BCUT2D eigenvalue weighted by Crippen LogP contribution is -2.41. The molecule has 0 bridgehead atoms. The molecule has 1 saturated carbocycles. The van der Waals surface area contributed by atoms with Gasteiger partial charge in [-0.2, -0.15) is 0 Å². The zero-order valence-corrected chi connectivity index (χ0v) is 7.56. The van der Waals surface area contributed by atoms with Crippen molar-refractivity contribution >= 4 is 0 Å². The second kappa shape index (κ2) is 3.55. The first-order chi connectivity index (χ1) is 5.26. The van der Waals surface area contributed by atoms with Crippen LogP contribution in [0.1, 0.15) is 39.5 Å². The highest BCUT2D eigenvalue weighted by molar-refractivity contribution is 5.02. The molecular weight excluding hydrogens is 138 g/mol. The number of aliphatic hydroxyl groups excluding tert-OH is 1. The predicted molar refractivity (Wildman–Crippen MR) is 46.6 cm³/mol. The van der Waals surface area contributed by atoms with Gasteiger partial charge in [-0.05, 0) is 25.7 Å². The van der Waals surface area contributed by atoms with E-state index in [2.05, 4.69) is 19.2 Å². The van der Waals surface area contributed by atoms with Gasteiger partial charge >= 0.3 is 0 Å². The Balaban J connectivity index is 2.27. The Labute approximate surface area is 69.0 Å². The van der Waals surface area contributed by atoms with E-state index >= 15 is 0 Å². The molecular formula is C9H19NO. The van der Waals surface area contributed by atoms with E-state index in [0.717, 1.165) is 25.7 Å². The van der Waals surface area contributed by atoms with Crippen LogP contribution in [0.5, 0.6) is 0 Å². The molecule has 0 heterocycles. The minimum absolute atomic E-state index is 0.122. The molecule has 0 unspecified atom stereocenters. The third-order valence-corrected chi connectivity index (χ3v) is 2.65. The predicted octanol–water partition coefficient (Wildman–Crippen LogP) is 1.29. The topological polar surface area (TPSA) is 32.3 Å². The van der Waals surface area contributed by atoms with Crippen LogP contribution in [-0.2, 0) is 0 Å². The molecule has 1 rings (SSSR count). The van der Waals surface area contributed by atoms with Crippen LogP contribution in [0.4, 0.5) is 0 Å². The van der Waals surface area contributed by atoms with Gasteiger partial charge in [-0.25, -0.2) is 0 Å². The van der Waals surface area contributed by atoms with Crippen molar-refractivity contribution in [2.24, 2.45) is 0 Å². The van der Waals surface area contributed by atoms with Crippen LogP contribution in [0.25, 0.3) is 0 Å². The fraction of sp³-hybridized carbons (Fsp3) is 1.00. The summed E-state index contributed by atoms with van der Waals surface area (Å²) in [7, 11) is 0. The molecule has 1 fully saturated rings. The highest BCUT2D eigenvalue weighted by Gasteiger charge is 2.42. The molecule has 66 valence electrons. The molecule has 0 atom stereocenters. The largest absolute Gasteiger partial charge is 0.394 e. The van der Waals surface area contributed by atoms with E-state index in [-0.39, 0.29) is 5.54 Å². The molecule has 0 amide bonds. The molecule has 0 saturated heterocycles. The average molecular weight is 157 g/mol. The maximum atomic E-state index is 9.03. The zero-order chi connectivity index (χ0) is 8.32. The van der Waals surface area contributed by atoms with Crippen molar-refractivity contribution in [3.8, 4) is 0 Å². The quantitative estimate of drug-likeness (QED) is 0.630. The van der Waals surface area contributed by atoms with E-state index in [0.29, 0.717) is 12.6 Å². The molecule has 11 heavy (non-hydrogen) atoms. The van der Waals surface area contributed by atoms with Crippen LogP contribution in [-0.4, -0.2) is 23.3 Å². The van der Waals surface area contributed by atoms with Crippen molar-refractivity contribution in [1.29, 1.82) is 0 Å². The lowest BCUT2D eigenvalue weighted by molar-refractivity contribution is 0.215. The van der Waals surface area contributed by atoms with Crippen molar-refractivity contribution in [2.75, 3.05) is 6.61 Å². The molecule has 2 heteroatoms. The summed E-state index contributed by atoms with van der Waals surface area (Å²) < 4.78 is 0. The van der Waals surface area contributed by atoms with Gasteiger partial charge in [-0.3, -0.25) is 0 Å². The standard InChI is InChI=1S/C9H19NO/c1-3-8(4-2)10-9(7-11)5-6-9/h8,10-11H,3-7H2,1-2H3. The maximum Gasteiger partial charge on any atom is 0.0613 e. The maximum absolute atomic E-state index is 9.03. The summed E-state index contributed by atoms with van der Waals surface area (Å²) in [6.45, 7) is 4.69. The Morgan fingerprint density at radius 1 is 1.36 bits per heavy atom. The average Bonchev–Trinajstić information content (AvgIpc) is 2.81. The van der Waals surface area contributed by atoms with Gasteiger partial charge in [0.1, 0.15) is 0 Å². The van der Waals surface area contributed by atoms with Gasteiger partial charge < -0.3 is 10.4 Å². The zero-order valence-electron chi connectivity index (χ0n) is 7.56. The SMILES string of the molecule is CCC(CC)NC1(CO)CC1. The molecule has 2 nitrogen and oxygen atoms in total.